The minimum atomic E-state index is -0.355. The molecule has 11 heteroatoms. The molecule has 36 heavy (non-hydrogen) atoms. The number of fused-ring (bicyclic) bond motifs is 4. The van der Waals surface area contributed by atoms with Gasteiger partial charge in [-0.3, -0.25) is 4.98 Å². The molecule has 0 amide bonds. The van der Waals surface area contributed by atoms with Crippen LogP contribution in [0.5, 0.6) is 17.6 Å². The van der Waals surface area contributed by atoms with Crippen molar-refractivity contribution in [1.29, 1.82) is 0 Å². The molecule has 1 unspecified atom stereocenters. The van der Waals surface area contributed by atoms with Gasteiger partial charge in [-0.2, -0.15) is 9.97 Å². The van der Waals surface area contributed by atoms with Gasteiger partial charge < -0.3 is 35.3 Å². The zero-order valence-corrected chi connectivity index (χ0v) is 20.3. The fourth-order valence-electron chi connectivity index (χ4n) is 5.06. The van der Waals surface area contributed by atoms with Gasteiger partial charge in [0.25, 0.3) is 0 Å². The third kappa shape index (κ3) is 3.46. The molecular formula is C25H27FN8O2. The highest BCUT2D eigenvalue weighted by Crippen LogP contribution is 2.38. The van der Waals surface area contributed by atoms with Crippen LogP contribution in [0.4, 0.5) is 15.9 Å². The topological polar surface area (TPSA) is 130 Å². The summed E-state index contributed by atoms with van der Waals surface area (Å²) in [5, 5.41) is 15.5. The Morgan fingerprint density at radius 1 is 1.25 bits per heavy atom. The molecule has 0 saturated carbocycles. The molecular weight excluding hydrogens is 463 g/mol. The Morgan fingerprint density at radius 3 is 2.86 bits per heavy atom. The Labute approximate surface area is 205 Å². The Kier molecular flexibility index (Phi) is 5.11. The number of hydrogen-bond donors (Lipinski definition) is 4. The lowest BCUT2D eigenvalue weighted by Gasteiger charge is -2.32. The minimum absolute atomic E-state index is 0.0128. The fourth-order valence-corrected chi connectivity index (χ4v) is 5.06. The average Bonchev–Trinajstić information content (AvgIpc) is 3.33. The molecule has 5 heterocycles. The van der Waals surface area contributed by atoms with Crippen molar-refractivity contribution in [3.05, 3.63) is 35.9 Å². The van der Waals surface area contributed by atoms with E-state index in [2.05, 4.69) is 25.2 Å². The van der Waals surface area contributed by atoms with E-state index in [9.17, 15) is 9.50 Å². The Hall–Kier alpha value is -4.12. The van der Waals surface area contributed by atoms with Gasteiger partial charge in [-0.1, -0.05) is 0 Å². The van der Waals surface area contributed by atoms with Crippen LogP contribution in [-0.2, 0) is 7.05 Å². The van der Waals surface area contributed by atoms with Crippen molar-refractivity contribution in [3.63, 3.8) is 0 Å². The number of H-pyrrole nitrogens is 1. The van der Waals surface area contributed by atoms with Crippen molar-refractivity contribution in [2.75, 3.05) is 30.4 Å². The molecule has 1 atom stereocenters. The summed E-state index contributed by atoms with van der Waals surface area (Å²) in [6, 6.07) is 4.77. The number of ether oxygens (including phenoxy) is 1. The molecule has 1 aliphatic heterocycles. The zero-order chi connectivity index (χ0) is 25.1. The zero-order valence-electron chi connectivity index (χ0n) is 20.3. The van der Waals surface area contributed by atoms with Crippen LogP contribution in [0.2, 0.25) is 0 Å². The molecule has 6 rings (SSSR count). The summed E-state index contributed by atoms with van der Waals surface area (Å²) in [5.74, 6) is 0.780. The van der Waals surface area contributed by atoms with Crippen molar-refractivity contribution in [2.45, 2.75) is 25.8 Å². The van der Waals surface area contributed by atoms with E-state index in [1.807, 2.05) is 6.92 Å². The fraction of sp³-hybridized carbons (Fsp3) is 0.320. The lowest BCUT2D eigenvalue weighted by Crippen LogP contribution is -2.43. The third-order valence-corrected chi connectivity index (χ3v) is 6.99. The molecule has 0 radical (unpaired) electrons. The number of aromatic hydroxyl groups is 1. The van der Waals surface area contributed by atoms with Crippen LogP contribution in [0.15, 0.2) is 24.4 Å². The summed E-state index contributed by atoms with van der Waals surface area (Å²) in [7, 11) is 3.52. The molecule has 4 aromatic heterocycles. The molecule has 0 aliphatic carbocycles. The van der Waals surface area contributed by atoms with Crippen LogP contribution in [0, 0.1) is 12.7 Å². The summed E-state index contributed by atoms with van der Waals surface area (Å²) in [6.07, 6.45) is 3.44. The Bertz CT molecular complexity index is 1640. The first kappa shape index (κ1) is 22.4. The highest BCUT2D eigenvalue weighted by molar-refractivity contribution is 6.14. The molecule has 1 fully saturated rings. The SMILES string of the molecule is CNc1cc(F)cc2c1[nH]c1nc(Oc3cnc4c(C)n(C)c(O)c4c3)nc(N3CCCC(N)C3)c12. The van der Waals surface area contributed by atoms with E-state index >= 15 is 0 Å². The molecule has 5 N–H and O–H groups in total. The van der Waals surface area contributed by atoms with E-state index in [0.717, 1.165) is 30.6 Å². The van der Waals surface area contributed by atoms with E-state index in [4.69, 9.17) is 15.5 Å². The van der Waals surface area contributed by atoms with Crippen molar-refractivity contribution in [3.8, 4) is 17.6 Å². The number of nitrogens with two attached hydrogens (primary N) is 1. The number of nitrogens with zero attached hydrogens (tertiary/aromatic N) is 5. The highest BCUT2D eigenvalue weighted by atomic mass is 19.1. The molecule has 1 saturated heterocycles. The predicted octanol–water partition coefficient (Wildman–Crippen LogP) is 3.91. The van der Waals surface area contributed by atoms with Crippen LogP contribution in [0.3, 0.4) is 0 Å². The van der Waals surface area contributed by atoms with Gasteiger partial charge in [0.15, 0.2) is 0 Å². The number of pyridine rings is 1. The summed E-state index contributed by atoms with van der Waals surface area (Å²) >= 11 is 0. The maximum atomic E-state index is 14.5. The second-order valence-electron chi connectivity index (χ2n) is 9.29. The normalized spacial score (nSPS) is 16.4. The van der Waals surface area contributed by atoms with Crippen LogP contribution >= 0.6 is 0 Å². The smallest absolute Gasteiger partial charge is 0.326 e. The van der Waals surface area contributed by atoms with Crippen molar-refractivity contribution >= 4 is 44.3 Å². The standard InChI is InChI=1S/C25H27FN8O2/c1-12-20-17(24(35)33(12)3)9-15(10-29-20)36-25-31-22-19(23(32-25)34-6-4-5-14(27)11-34)16-7-13(26)8-18(28-2)21(16)30-22/h7-10,14,28,35H,4-6,11,27H2,1-3H3,(H,30,31,32). The first-order valence-corrected chi connectivity index (χ1v) is 11.9. The number of rotatable bonds is 4. The van der Waals surface area contributed by atoms with Gasteiger partial charge in [-0.05, 0) is 38.0 Å². The quantitative estimate of drug-likeness (QED) is 0.298. The summed E-state index contributed by atoms with van der Waals surface area (Å²) in [6.45, 7) is 3.28. The van der Waals surface area contributed by atoms with E-state index in [-0.39, 0.29) is 23.7 Å². The molecule has 1 aromatic carbocycles. The third-order valence-electron chi connectivity index (χ3n) is 6.99. The molecule has 5 aromatic rings. The lowest BCUT2D eigenvalue weighted by molar-refractivity contribution is 0.432. The van der Waals surface area contributed by atoms with Gasteiger partial charge in [0, 0.05) is 44.3 Å². The van der Waals surface area contributed by atoms with E-state index in [0.29, 0.717) is 51.1 Å². The number of nitrogens with one attached hydrogen (secondary N) is 2. The van der Waals surface area contributed by atoms with Crippen LogP contribution in [-0.4, -0.2) is 55.8 Å². The number of aromatic amines is 1. The van der Waals surface area contributed by atoms with Crippen molar-refractivity contribution in [1.82, 2.24) is 24.5 Å². The minimum Gasteiger partial charge on any atom is -0.494 e. The van der Waals surface area contributed by atoms with Gasteiger partial charge in [-0.25, -0.2) is 4.39 Å². The van der Waals surface area contributed by atoms with E-state index < -0.39 is 0 Å². The molecule has 186 valence electrons. The maximum Gasteiger partial charge on any atom is 0.326 e. The predicted molar refractivity (Wildman–Crippen MR) is 138 cm³/mol. The molecule has 0 bridgehead atoms. The Morgan fingerprint density at radius 2 is 2.08 bits per heavy atom. The number of aromatic nitrogens is 5. The number of benzene rings is 1. The molecule has 0 spiro atoms. The van der Waals surface area contributed by atoms with Gasteiger partial charge in [0.05, 0.1) is 33.7 Å². The van der Waals surface area contributed by atoms with Crippen LogP contribution < -0.4 is 20.7 Å². The first-order chi connectivity index (χ1) is 17.3. The summed E-state index contributed by atoms with van der Waals surface area (Å²) in [5.41, 5.74) is 9.70. The number of hydrogen-bond acceptors (Lipinski definition) is 8. The lowest BCUT2D eigenvalue weighted by atomic mass is 10.1. The van der Waals surface area contributed by atoms with Crippen molar-refractivity contribution in [2.24, 2.45) is 12.8 Å². The number of piperidine rings is 1. The molecule has 1 aliphatic rings. The summed E-state index contributed by atoms with van der Waals surface area (Å²) in [4.78, 5) is 19.3. The monoisotopic (exact) mass is 490 g/mol. The van der Waals surface area contributed by atoms with Gasteiger partial charge >= 0.3 is 6.01 Å². The number of anilines is 2. The van der Waals surface area contributed by atoms with Gasteiger partial charge in [0.1, 0.15) is 23.0 Å². The van der Waals surface area contributed by atoms with Gasteiger partial charge in [0.2, 0.25) is 5.88 Å². The summed E-state index contributed by atoms with van der Waals surface area (Å²) < 4.78 is 22.2. The van der Waals surface area contributed by atoms with Crippen LogP contribution in [0.25, 0.3) is 32.8 Å². The number of halogens is 1. The second-order valence-corrected chi connectivity index (χ2v) is 9.29. The highest BCUT2D eigenvalue weighted by Gasteiger charge is 2.25. The van der Waals surface area contributed by atoms with Gasteiger partial charge in [-0.15, -0.1) is 0 Å². The average molecular weight is 491 g/mol. The van der Waals surface area contributed by atoms with E-state index in [1.54, 1.807) is 30.9 Å². The largest absolute Gasteiger partial charge is 0.494 e. The number of aryl methyl sites for hydroxylation is 1. The van der Waals surface area contributed by atoms with Crippen molar-refractivity contribution < 1.29 is 14.2 Å². The Balaban J connectivity index is 1.52. The molecule has 10 nitrogen and oxygen atoms in total. The van der Waals surface area contributed by atoms with Crippen LogP contribution in [0.1, 0.15) is 18.5 Å². The second kappa shape index (κ2) is 8.23. The maximum absolute atomic E-state index is 14.5. The van der Waals surface area contributed by atoms with E-state index in [1.165, 1.54) is 12.1 Å². The first-order valence-electron chi connectivity index (χ1n) is 11.9.